The number of anilines is 2. The SMILES string of the molecule is CC(CC(=O)Nc1ccc(-c2[nH]cnc2-c2ccc(NC(=O)C(C)NC(=O)Cc3ccccc3)cc2)cc1)NC(=O)Cc1ccccc1. The topological polar surface area (TPSA) is 145 Å². The molecule has 0 aliphatic carbocycles. The number of rotatable bonds is 13. The number of nitrogens with zero attached hydrogens (tertiary/aromatic N) is 1. The van der Waals surface area contributed by atoms with Gasteiger partial charge in [0.05, 0.1) is 30.6 Å². The van der Waals surface area contributed by atoms with E-state index in [-0.39, 0.29) is 48.9 Å². The van der Waals surface area contributed by atoms with Crippen molar-refractivity contribution in [2.45, 2.75) is 45.2 Å². The van der Waals surface area contributed by atoms with Gasteiger partial charge in [-0.25, -0.2) is 4.98 Å². The van der Waals surface area contributed by atoms with E-state index < -0.39 is 6.04 Å². The predicted molar refractivity (Wildman–Crippen MR) is 187 cm³/mol. The van der Waals surface area contributed by atoms with Crippen LogP contribution in [0.15, 0.2) is 116 Å². The van der Waals surface area contributed by atoms with E-state index in [2.05, 4.69) is 31.2 Å². The lowest BCUT2D eigenvalue weighted by molar-refractivity contribution is -0.125. The highest BCUT2D eigenvalue weighted by Gasteiger charge is 2.17. The molecule has 4 amide bonds. The third-order valence-corrected chi connectivity index (χ3v) is 7.61. The summed E-state index contributed by atoms with van der Waals surface area (Å²) in [5.74, 6) is -0.876. The molecule has 1 aromatic heterocycles. The first-order valence-electron chi connectivity index (χ1n) is 15.7. The van der Waals surface area contributed by atoms with Gasteiger partial charge in [0.15, 0.2) is 0 Å². The average Bonchev–Trinajstić information content (AvgIpc) is 3.56. The Labute approximate surface area is 279 Å². The van der Waals surface area contributed by atoms with E-state index in [1.165, 1.54) is 0 Å². The van der Waals surface area contributed by atoms with Crippen molar-refractivity contribution >= 4 is 35.0 Å². The number of amides is 4. The number of aromatic amines is 1. The first-order chi connectivity index (χ1) is 23.2. The van der Waals surface area contributed by atoms with Crippen LogP contribution in [-0.2, 0) is 32.0 Å². The molecule has 0 saturated heterocycles. The van der Waals surface area contributed by atoms with E-state index in [9.17, 15) is 19.2 Å². The van der Waals surface area contributed by atoms with Crippen LogP contribution in [0.2, 0.25) is 0 Å². The zero-order valence-corrected chi connectivity index (χ0v) is 26.8. The van der Waals surface area contributed by atoms with E-state index in [0.717, 1.165) is 33.6 Å². The fraction of sp³-hybridized carbons (Fsp3) is 0.184. The molecule has 1 heterocycles. The normalized spacial score (nSPS) is 12.0. The van der Waals surface area contributed by atoms with Crippen molar-refractivity contribution in [2.75, 3.05) is 10.6 Å². The molecule has 0 saturated carbocycles. The second-order valence-corrected chi connectivity index (χ2v) is 11.6. The third kappa shape index (κ3) is 9.49. The molecule has 2 unspecified atom stereocenters. The van der Waals surface area contributed by atoms with Crippen LogP contribution < -0.4 is 21.3 Å². The maximum absolute atomic E-state index is 12.7. The molecule has 10 nitrogen and oxygen atoms in total. The van der Waals surface area contributed by atoms with Gasteiger partial charge in [-0.1, -0.05) is 84.9 Å². The summed E-state index contributed by atoms with van der Waals surface area (Å²) in [5, 5.41) is 11.4. The highest BCUT2D eigenvalue weighted by molar-refractivity contribution is 5.97. The summed E-state index contributed by atoms with van der Waals surface area (Å²) in [6.45, 7) is 3.45. The minimum Gasteiger partial charge on any atom is -0.353 e. The van der Waals surface area contributed by atoms with Crippen molar-refractivity contribution in [2.24, 2.45) is 0 Å². The zero-order chi connectivity index (χ0) is 33.9. The van der Waals surface area contributed by atoms with Crippen LogP contribution in [0.4, 0.5) is 11.4 Å². The summed E-state index contributed by atoms with van der Waals surface area (Å²) < 4.78 is 0. The number of aromatic nitrogens is 2. The Balaban J connectivity index is 1.11. The maximum Gasteiger partial charge on any atom is 0.246 e. The molecule has 10 heteroatoms. The van der Waals surface area contributed by atoms with Crippen molar-refractivity contribution in [3.05, 3.63) is 127 Å². The summed E-state index contributed by atoms with van der Waals surface area (Å²) in [7, 11) is 0. The van der Waals surface area contributed by atoms with Gasteiger partial charge in [-0.2, -0.15) is 0 Å². The van der Waals surface area contributed by atoms with Gasteiger partial charge in [-0.05, 0) is 49.2 Å². The van der Waals surface area contributed by atoms with E-state index in [4.69, 9.17) is 0 Å². The van der Waals surface area contributed by atoms with Crippen LogP contribution in [0, 0.1) is 0 Å². The maximum atomic E-state index is 12.7. The monoisotopic (exact) mass is 642 g/mol. The molecule has 48 heavy (non-hydrogen) atoms. The number of H-pyrrole nitrogens is 1. The van der Waals surface area contributed by atoms with Gasteiger partial charge < -0.3 is 26.3 Å². The first-order valence-corrected chi connectivity index (χ1v) is 15.7. The fourth-order valence-electron chi connectivity index (χ4n) is 5.20. The van der Waals surface area contributed by atoms with E-state index in [0.29, 0.717) is 11.4 Å². The zero-order valence-electron chi connectivity index (χ0n) is 26.8. The van der Waals surface area contributed by atoms with Crippen molar-refractivity contribution in [1.82, 2.24) is 20.6 Å². The Kier molecular flexibility index (Phi) is 11.1. The molecule has 0 fully saturated rings. The average molecular weight is 643 g/mol. The van der Waals surface area contributed by atoms with Crippen LogP contribution in [-0.4, -0.2) is 45.7 Å². The minimum atomic E-state index is -0.708. The molecule has 2 atom stereocenters. The highest BCUT2D eigenvalue weighted by Crippen LogP contribution is 2.30. The number of hydrogen-bond donors (Lipinski definition) is 5. The Morgan fingerprint density at radius 1 is 0.625 bits per heavy atom. The van der Waals surface area contributed by atoms with Gasteiger partial charge in [0.1, 0.15) is 6.04 Å². The number of carbonyl (C=O) groups excluding carboxylic acids is 4. The highest BCUT2D eigenvalue weighted by atomic mass is 16.2. The van der Waals surface area contributed by atoms with E-state index in [1.807, 2.05) is 97.1 Å². The molecular weight excluding hydrogens is 604 g/mol. The second-order valence-electron chi connectivity index (χ2n) is 11.6. The lowest BCUT2D eigenvalue weighted by Gasteiger charge is -2.14. The molecule has 0 aliphatic heterocycles. The molecular formula is C38H38N6O4. The van der Waals surface area contributed by atoms with Gasteiger partial charge in [0.25, 0.3) is 0 Å². The van der Waals surface area contributed by atoms with E-state index in [1.54, 1.807) is 32.3 Å². The van der Waals surface area contributed by atoms with Gasteiger partial charge in [0, 0.05) is 35.0 Å². The van der Waals surface area contributed by atoms with Crippen LogP contribution in [0.1, 0.15) is 31.4 Å². The molecule has 0 radical (unpaired) electrons. The smallest absolute Gasteiger partial charge is 0.246 e. The van der Waals surface area contributed by atoms with Crippen LogP contribution in [0.5, 0.6) is 0 Å². The predicted octanol–water partition coefficient (Wildman–Crippen LogP) is 5.51. The quantitative estimate of drug-likeness (QED) is 0.115. The lowest BCUT2D eigenvalue weighted by Crippen LogP contribution is -2.42. The molecule has 244 valence electrons. The van der Waals surface area contributed by atoms with Crippen molar-refractivity contribution in [1.29, 1.82) is 0 Å². The second kappa shape index (κ2) is 16.0. The molecule has 0 bridgehead atoms. The first kappa shape index (κ1) is 33.3. The molecule has 5 N–H and O–H groups in total. The van der Waals surface area contributed by atoms with Crippen LogP contribution in [0.3, 0.4) is 0 Å². The molecule has 5 aromatic rings. The number of benzene rings is 4. The Hall–Kier alpha value is -6.03. The summed E-state index contributed by atoms with van der Waals surface area (Å²) in [4.78, 5) is 57.7. The Morgan fingerprint density at radius 2 is 1.15 bits per heavy atom. The summed E-state index contributed by atoms with van der Waals surface area (Å²) in [5.41, 5.74) is 6.27. The standard InChI is InChI=1S/C38H38N6O4/c1-25(41-34(46)22-27-9-5-3-6-10-27)21-33(45)43-31-17-13-29(14-18-31)36-37(40-24-39-36)30-15-19-32(20-16-30)44-38(48)26(2)42-35(47)23-28-11-7-4-8-12-28/h3-20,24-26H,21-23H2,1-2H3,(H,39,40)(H,41,46)(H,42,47)(H,43,45)(H,44,48). The van der Waals surface area contributed by atoms with Gasteiger partial charge >= 0.3 is 0 Å². The van der Waals surface area contributed by atoms with Crippen molar-refractivity contribution in [3.63, 3.8) is 0 Å². The lowest BCUT2D eigenvalue weighted by atomic mass is 10.0. The third-order valence-electron chi connectivity index (χ3n) is 7.61. The molecule has 0 spiro atoms. The van der Waals surface area contributed by atoms with Gasteiger partial charge in [-0.15, -0.1) is 0 Å². The number of hydrogen-bond acceptors (Lipinski definition) is 5. The summed E-state index contributed by atoms with van der Waals surface area (Å²) in [6, 6.07) is 32.5. The number of imidazole rings is 1. The van der Waals surface area contributed by atoms with Crippen molar-refractivity contribution in [3.8, 4) is 22.5 Å². The van der Waals surface area contributed by atoms with Gasteiger partial charge in [-0.3, -0.25) is 19.2 Å². The van der Waals surface area contributed by atoms with E-state index >= 15 is 0 Å². The molecule has 0 aliphatic rings. The Bertz CT molecular complexity index is 1840. The number of carbonyl (C=O) groups is 4. The minimum absolute atomic E-state index is 0.129. The summed E-state index contributed by atoms with van der Waals surface area (Å²) in [6.07, 6.45) is 2.22. The van der Waals surface area contributed by atoms with Crippen LogP contribution >= 0.6 is 0 Å². The largest absolute Gasteiger partial charge is 0.353 e. The summed E-state index contributed by atoms with van der Waals surface area (Å²) >= 11 is 0. The number of nitrogens with one attached hydrogen (secondary N) is 5. The fourth-order valence-corrected chi connectivity index (χ4v) is 5.20. The Morgan fingerprint density at radius 3 is 1.73 bits per heavy atom. The van der Waals surface area contributed by atoms with Crippen LogP contribution in [0.25, 0.3) is 22.5 Å². The van der Waals surface area contributed by atoms with Crippen molar-refractivity contribution < 1.29 is 19.2 Å². The molecule has 5 rings (SSSR count). The molecule has 4 aromatic carbocycles. The van der Waals surface area contributed by atoms with Gasteiger partial charge in [0.2, 0.25) is 23.6 Å².